The van der Waals surface area contributed by atoms with Gasteiger partial charge in [0, 0.05) is 5.56 Å². The predicted octanol–water partition coefficient (Wildman–Crippen LogP) is 5.34. The third-order valence-electron chi connectivity index (χ3n) is 5.37. The summed E-state index contributed by atoms with van der Waals surface area (Å²) in [6.07, 6.45) is 0. The van der Waals surface area contributed by atoms with Crippen molar-refractivity contribution in [2.75, 3.05) is 0 Å². The predicted molar refractivity (Wildman–Crippen MR) is 126 cm³/mol. The maximum atomic E-state index is 13.8. The summed E-state index contributed by atoms with van der Waals surface area (Å²) in [5.41, 5.74) is 4.20. The molecule has 0 spiro atoms. The summed E-state index contributed by atoms with van der Waals surface area (Å²) in [4.78, 5) is 23.8. The molecule has 3 aromatic heterocycles. The number of hydrogen-bond donors (Lipinski definition) is 0. The van der Waals surface area contributed by atoms with E-state index in [9.17, 15) is 4.79 Å². The van der Waals surface area contributed by atoms with Gasteiger partial charge in [-0.2, -0.15) is 4.68 Å². The highest BCUT2D eigenvalue weighted by Gasteiger charge is 2.26. The smallest absolute Gasteiger partial charge is 0.242 e. The molecule has 0 saturated heterocycles. The average molecular weight is 436 g/mol. The molecule has 6 rings (SSSR count). The second kappa shape index (κ2) is 7.25. The molecular weight excluding hydrogens is 418 g/mol. The van der Waals surface area contributed by atoms with E-state index in [1.54, 1.807) is 4.68 Å². The van der Waals surface area contributed by atoms with Gasteiger partial charge in [-0.25, -0.2) is 9.97 Å². The largest absolute Gasteiger partial charge is 0.284 e. The van der Waals surface area contributed by atoms with Gasteiger partial charge in [-0.3, -0.25) is 9.20 Å². The van der Waals surface area contributed by atoms with Crippen LogP contribution in [0.1, 0.15) is 21.2 Å². The Morgan fingerprint density at radius 2 is 1.53 bits per heavy atom. The van der Waals surface area contributed by atoms with Gasteiger partial charge in [0.2, 0.25) is 17.4 Å². The SMILES string of the molecule is Cc1nc(-c2ccccc2)sc1C(=O)c1nn(-c2ccccc2)c2nc3ccccc3n12. The summed E-state index contributed by atoms with van der Waals surface area (Å²) in [6.45, 7) is 1.87. The molecule has 6 nitrogen and oxygen atoms in total. The van der Waals surface area contributed by atoms with Gasteiger partial charge < -0.3 is 0 Å². The zero-order valence-electron chi connectivity index (χ0n) is 17.1. The number of aryl methyl sites for hydroxylation is 1. The van der Waals surface area contributed by atoms with Crippen LogP contribution >= 0.6 is 11.3 Å². The Morgan fingerprint density at radius 3 is 2.31 bits per heavy atom. The number of imidazole rings is 1. The molecule has 0 aliphatic heterocycles. The van der Waals surface area contributed by atoms with E-state index in [1.165, 1.54) is 11.3 Å². The van der Waals surface area contributed by atoms with Crippen molar-refractivity contribution in [3.63, 3.8) is 0 Å². The number of thiazole rings is 1. The first-order valence-electron chi connectivity index (χ1n) is 10.2. The van der Waals surface area contributed by atoms with Gasteiger partial charge in [-0.15, -0.1) is 16.4 Å². The van der Waals surface area contributed by atoms with E-state index in [-0.39, 0.29) is 5.78 Å². The average Bonchev–Trinajstić information content (AvgIpc) is 3.52. The minimum absolute atomic E-state index is 0.162. The van der Waals surface area contributed by atoms with Crippen molar-refractivity contribution in [3.05, 3.63) is 101 Å². The fourth-order valence-electron chi connectivity index (χ4n) is 3.85. The quantitative estimate of drug-likeness (QED) is 0.351. The standard InChI is InChI=1S/C25H17N5OS/c1-16-22(32-24(26-16)17-10-4-2-5-11-17)21(31)23-28-30(18-12-6-3-7-13-18)25-27-19-14-8-9-15-20(19)29(23)25/h2-15H,1H3. The molecule has 7 heteroatoms. The third-order valence-corrected chi connectivity index (χ3v) is 6.57. The van der Waals surface area contributed by atoms with Gasteiger partial charge in [0.1, 0.15) is 9.88 Å². The van der Waals surface area contributed by atoms with Crippen LogP contribution in [0.2, 0.25) is 0 Å². The van der Waals surface area contributed by atoms with Crippen molar-refractivity contribution in [1.29, 1.82) is 0 Å². The molecule has 0 fully saturated rings. The lowest BCUT2D eigenvalue weighted by Crippen LogP contribution is -2.07. The molecule has 6 aromatic rings. The Kier molecular flexibility index (Phi) is 4.22. The molecule has 0 aliphatic rings. The van der Waals surface area contributed by atoms with Crippen LogP contribution in [0.4, 0.5) is 0 Å². The molecule has 0 radical (unpaired) electrons. The lowest BCUT2D eigenvalue weighted by molar-refractivity contribution is 0.103. The van der Waals surface area contributed by atoms with E-state index in [0.29, 0.717) is 22.2 Å². The van der Waals surface area contributed by atoms with Crippen LogP contribution in [-0.2, 0) is 0 Å². The number of rotatable bonds is 4. The molecule has 0 N–H and O–H groups in total. The molecule has 3 heterocycles. The minimum Gasteiger partial charge on any atom is -0.284 e. The fourth-order valence-corrected chi connectivity index (χ4v) is 4.86. The van der Waals surface area contributed by atoms with Crippen LogP contribution in [0.3, 0.4) is 0 Å². The van der Waals surface area contributed by atoms with Gasteiger partial charge in [-0.05, 0) is 31.2 Å². The number of fused-ring (bicyclic) bond motifs is 3. The third kappa shape index (κ3) is 2.86. The lowest BCUT2D eigenvalue weighted by atomic mass is 10.2. The first-order chi connectivity index (χ1) is 15.7. The van der Waals surface area contributed by atoms with E-state index < -0.39 is 0 Å². The van der Waals surface area contributed by atoms with Crippen LogP contribution in [0.25, 0.3) is 33.1 Å². The zero-order valence-corrected chi connectivity index (χ0v) is 18.0. The van der Waals surface area contributed by atoms with Gasteiger partial charge in [0.15, 0.2) is 0 Å². The summed E-state index contributed by atoms with van der Waals surface area (Å²) >= 11 is 1.39. The van der Waals surface area contributed by atoms with Gasteiger partial charge in [0.05, 0.1) is 22.4 Å². The van der Waals surface area contributed by atoms with Crippen LogP contribution in [0.15, 0.2) is 84.9 Å². The van der Waals surface area contributed by atoms with E-state index in [0.717, 1.165) is 27.3 Å². The molecule has 0 bridgehead atoms. The van der Waals surface area contributed by atoms with Gasteiger partial charge in [-0.1, -0.05) is 60.7 Å². The molecule has 3 aromatic carbocycles. The summed E-state index contributed by atoms with van der Waals surface area (Å²) in [5, 5.41) is 5.54. The van der Waals surface area contributed by atoms with Crippen LogP contribution in [0, 0.1) is 6.92 Å². The van der Waals surface area contributed by atoms with Crippen molar-refractivity contribution in [2.45, 2.75) is 6.92 Å². The summed E-state index contributed by atoms with van der Waals surface area (Å²) < 4.78 is 3.56. The summed E-state index contributed by atoms with van der Waals surface area (Å²) in [6, 6.07) is 27.4. The summed E-state index contributed by atoms with van der Waals surface area (Å²) in [5.74, 6) is 0.764. The fraction of sp³-hybridized carbons (Fsp3) is 0.0400. The Morgan fingerprint density at radius 1 is 0.844 bits per heavy atom. The van der Waals surface area contributed by atoms with Crippen molar-refractivity contribution < 1.29 is 4.79 Å². The number of hydrogen-bond acceptors (Lipinski definition) is 5. The molecule has 0 aliphatic carbocycles. The van der Waals surface area contributed by atoms with Crippen molar-refractivity contribution in [3.8, 4) is 16.3 Å². The number of carbonyl (C=O) groups is 1. The first-order valence-corrected chi connectivity index (χ1v) is 11.0. The number of ketones is 1. The maximum absolute atomic E-state index is 13.8. The zero-order chi connectivity index (χ0) is 21.7. The van der Waals surface area contributed by atoms with Gasteiger partial charge in [0.25, 0.3) is 0 Å². The normalized spacial score (nSPS) is 11.4. The van der Waals surface area contributed by atoms with Crippen molar-refractivity contribution in [2.24, 2.45) is 0 Å². The Hall–Kier alpha value is -4.10. The van der Waals surface area contributed by atoms with E-state index in [2.05, 4.69) is 4.98 Å². The summed E-state index contributed by atoms with van der Waals surface area (Å²) in [7, 11) is 0. The highest BCUT2D eigenvalue weighted by Crippen LogP contribution is 2.30. The van der Waals surface area contributed by atoms with Crippen LogP contribution in [0.5, 0.6) is 0 Å². The highest BCUT2D eigenvalue weighted by atomic mass is 32.1. The highest BCUT2D eigenvalue weighted by molar-refractivity contribution is 7.17. The van der Waals surface area contributed by atoms with Gasteiger partial charge >= 0.3 is 0 Å². The second-order valence-corrected chi connectivity index (χ2v) is 8.43. The van der Waals surface area contributed by atoms with Crippen molar-refractivity contribution >= 4 is 33.9 Å². The maximum Gasteiger partial charge on any atom is 0.242 e. The van der Waals surface area contributed by atoms with E-state index in [1.807, 2.05) is 96.3 Å². The topological polar surface area (TPSA) is 65.1 Å². The van der Waals surface area contributed by atoms with Crippen LogP contribution in [-0.4, -0.2) is 29.9 Å². The first kappa shape index (κ1) is 18.7. The van der Waals surface area contributed by atoms with Crippen LogP contribution < -0.4 is 0 Å². The Bertz CT molecular complexity index is 1600. The Labute approximate surface area is 187 Å². The molecule has 32 heavy (non-hydrogen) atoms. The van der Waals surface area contributed by atoms with E-state index in [4.69, 9.17) is 10.1 Å². The molecule has 154 valence electrons. The molecule has 0 atom stereocenters. The van der Waals surface area contributed by atoms with Crippen molar-refractivity contribution in [1.82, 2.24) is 24.1 Å². The number of para-hydroxylation sites is 3. The molecular formula is C25H17N5OS. The molecule has 0 unspecified atom stereocenters. The number of aromatic nitrogens is 5. The minimum atomic E-state index is -0.162. The Balaban J connectivity index is 1.57. The second-order valence-electron chi connectivity index (χ2n) is 7.44. The lowest BCUT2D eigenvalue weighted by Gasteiger charge is -1.99. The number of benzene rings is 3. The number of carbonyl (C=O) groups excluding carboxylic acids is 1. The molecule has 0 saturated carbocycles. The number of nitrogens with zero attached hydrogens (tertiary/aromatic N) is 5. The van der Waals surface area contributed by atoms with E-state index >= 15 is 0 Å². The molecule has 0 amide bonds. The monoisotopic (exact) mass is 435 g/mol.